The molecule has 0 saturated heterocycles. The fourth-order valence-electron chi connectivity index (χ4n) is 2.63. The van der Waals surface area contributed by atoms with Gasteiger partial charge in [0.15, 0.2) is 0 Å². The van der Waals surface area contributed by atoms with Gasteiger partial charge in [0, 0.05) is 17.6 Å². The first kappa shape index (κ1) is 16.7. The number of halogens is 1. The van der Waals surface area contributed by atoms with Gasteiger partial charge >= 0.3 is 0 Å². The number of aryl methyl sites for hydroxylation is 2. The summed E-state index contributed by atoms with van der Waals surface area (Å²) in [5, 5.41) is 1.59. The molecule has 0 bridgehead atoms. The third-order valence-corrected chi connectivity index (χ3v) is 5.14. The lowest BCUT2D eigenvalue weighted by Gasteiger charge is -2.20. The van der Waals surface area contributed by atoms with Gasteiger partial charge in [-0.15, -0.1) is 11.3 Å². The lowest BCUT2D eigenvalue weighted by atomic mass is 10.0. The highest BCUT2D eigenvalue weighted by molar-refractivity contribution is 7.13. The maximum absolute atomic E-state index is 12.9. The van der Waals surface area contributed by atoms with E-state index in [4.69, 9.17) is 11.6 Å². The highest BCUT2D eigenvalue weighted by Crippen LogP contribution is 2.32. The molecule has 1 amide bonds. The van der Waals surface area contributed by atoms with Crippen LogP contribution in [0.15, 0.2) is 48.5 Å². The van der Waals surface area contributed by atoms with E-state index in [1.54, 1.807) is 11.9 Å². The number of hydrogen-bond acceptors (Lipinski definition) is 3. The summed E-state index contributed by atoms with van der Waals surface area (Å²) in [5.41, 5.74) is 3.64. The average molecular weight is 357 g/mol. The van der Waals surface area contributed by atoms with Gasteiger partial charge in [-0.2, -0.15) is 0 Å². The fraction of sp³-hybridized carbons (Fsp3) is 0.158. The Morgan fingerprint density at radius 2 is 1.75 bits per heavy atom. The Kier molecular flexibility index (Phi) is 4.69. The summed E-state index contributed by atoms with van der Waals surface area (Å²) in [5.74, 6) is -0.0421. The van der Waals surface area contributed by atoms with Crippen molar-refractivity contribution in [3.05, 3.63) is 69.1 Å². The highest BCUT2D eigenvalue weighted by atomic mass is 35.5. The molecule has 2 aromatic carbocycles. The molecule has 0 atom stereocenters. The number of aromatic nitrogens is 1. The van der Waals surface area contributed by atoms with Crippen LogP contribution in [0.5, 0.6) is 0 Å². The van der Waals surface area contributed by atoms with Gasteiger partial charge < -0.3 is 4.90 Å². The van der Waals surface area contributed by atoms with E-state index in [0.717, 1.165) is 27.5 Å². The van der Waals surface area contributed by atoms with E-state index < -0.39 is 0 Å². The molecule has 0 spiro atoms. The summed E-state index contributed by atoms with van der Waals surface area (Å²) >= 11 is 7.41. The summed E-state index contributed by atoms with van der Waals surface area (Å²) in [6.45, 7) is 3.78. The number of rotatable bonds is 3. The molecule has 0 fully saturated rings. The number of benzene rings is 2. The molecular weight excluding hydrogens is 340 g/mol. The van der Waals surface area contributed by atoms with E-state index in [9.17, 15) is 4.79 Å². The lowest BCUT2D eigenvalue weighted by molar-refractivity contribution is 0.0996. The molecule has 1 heterocycles. The van der Waals surface area contributed by atoms with Crippen LogP contribution >= 0.6 is 22.9 Å². The first-order valence-electron chi connectivity index (χ1n) is 7.54. The minimum absolute atomic E-state index is 0.0421. The van der Waals surface area contributed by atoms with Gasteiger partial charge in [0.05, 0.1) is 16.4 Å². The van der Waals surface area contributed by atoms with Crippen LogP contribution in [0.25, 0.3) is 11.1 Å². The third-order valence-electron chi connectivity index (χ3n) is 3.82. The van der Waals surface area contributed by atoms with Gasteiger partial charge in [0.1, 0.15) is 4.88 Å². The number of para-hydroxylation sites is 1. The Morgan fingerprint density at radius 1 is 1.08 bits per heavy atom. The zero-order valence-corrected chi connectivity index (χ0v) is 15.3. The van der Waals surface area contributed by atoms with Crippen molar-refractivity contribution in [2.75, 3.05) is 11.9 Å². The molecule has 3 rings (SSSR count). The number of amides is 1. The van der Waals surface area contributed by atoms with Crippen LogP contribution in [-0.2, 0) is 0 Å². The zero-order valence-electron chi connectivity index (χ0n) is 13.7. The second-order valence-electron chi connectivity index (χ2n) is 5.54. The second-order valence-corrected chi connectivity index (χ2v) is 7.18. The molecular formula is C19H17ClN2OS. The van der Waals surface area contributed by atoms with Crippen LogP contribution < -0.4 is 4.90 Å². The lowest BCUT2D eigenvalue weighted by Crippen LogP contribution is -2.26. The molecule has 3 nitrogen and oxygen atoms in total. The van der Waals surface area contributed by atoms with Crippen molar-refractivity contribution >= 4 is 34.5 Å². The Hall–Kier alpha value is -2.17. The van der Waals surface area contributed by atoms with Gasteiger partial charge in [0.2, 0.25) is 0 Å². The van der Waals surface area contributed by atoms with E-state index in [2.05, 4.69) is 4.98 Å². The number of carbonyl (C=O) groups excluding carboxylic acids is 1. The van der Waals surface area contributed by atoms with Crippen LogP contribution in [0.2, 0.25) is 5.02 Å². The van der Waals surface area contributed by atoms with Crippen molar-refractivity contribution in [2.24, 2.45) is 0 Å². The Labute approximate surface area is 150 Å². The molecule has 0 aliphatic heterocycles. The minimum Gasteiger partial charge on any atom is -0.310 e. The molecule has 0 N–H and O–H groups in total. The summed E-state index contributed by atoms with van der Waals surface area (Å²) in [7, 11) is 1.80. The monoisotopic (exact) mass is 356 g/mol. The minimum atomic E-state index is -0.0421. The van der Waals surface area contributed by atoms with E-state index in [0.29, 0.717) is 9.90 Å². The molecule has 0 unspecified atom stereocenters. The molecule has 24 heavy (non-hydrogen) atoms. The zero-order chi connectivity index (χ0) is 17.3. The topological polar surface area (TPSA) is 33.2 Å². The van der Waals surface area contributed by atoms with Crippen molar-refractivity contribution < 1.29 is 4.79 Å². The van der Waals surface area contributed by atoms with Crippen molar-refractivity contribution in [1.29, 1.82) is 0 Å². The molecule has 5 heteroatoms. The van der Waals surface area contributed by atoms with Crippen LogP contribution in [0.1, 0.15) is 20.4 Å². The third kappa shape index (κ3) is 3.21. The maximum atomic E-state index is 12.9. The van der Waals surface area contributed by atoms with Crippen molar-refractivity contribution in [3.8, 4) is 11.1 Å². The fourth-order valence-corrected chi connectivity index (χ4v) is 3.65. The molecule has 1 aromatic heterocycles. The molecule has 0 aliphatic rings. The first-order valence-corrected chi connectivity index (χ1v) is 8.74. The van der Waals surface area contributed by atoms with Crippen molar-refractivity contribution in [1.82, 2.24) is 4.98 Å². The Balaban J connectivity index is 2.01. The van der Waals surface area contributed by atoms with Crippen LogP contribution in [0.3, 0.4) is 0 Å². The van der Waals surface area contributed by atoms with Crippen molar-refractivity contribution in [2.45, 2.75) is 13.8 Å². The predicted octanol–water partition coefficient (Wildman–Crippen LogP) is 5.36. The van der Waals surface area contributed by atoms with Crippen molar-refractivity contribution in [3.63, 3.8) is 0 Å². The maximum Gasteiger partial charge on any atom is 0.270 e. The van der Waals surface area contributed by atoms with Crippen LogP contribution in [0.4, 0.5) is 5.69 Å². The summed E-state index contributed by atoms with van der Waals surface area (Å²) in [4.78, 5) is 19.6. The molecule has 0 radical (unpaired) electrons. The van der Waals surface area contributed by atoms with E-state index in [1.165, 1.54) is 11.3 Å². The Morgan fingerprint density at radius 3 is 2.38 bits per heavy atom. The standard InChI is InChI=1S/C19H17ClN2OS/c1-12-18(24-13(2)21-12)19(23)22(3)17-7-5-4-6-16(17)14-8-10-15(20)11-9-14/h4-11H,1-3H3. The number of hydrogen-bond donors (Lipinski definition) is 0. The van der Waals surface area contributed by atoms with Crippen LogP contribution in [0, 0.1) is 13.8 Å². The van der Waals surface area contributed by atoms with E-state index >= 15 is 0 Å². The number of nitrogens with zero attached hydrogens (tertiary/aromatic N) is 2. The molecule has 122 valence electrons. The summed E-state index contributed by atoms with van der Waals surface area (Å²) in [6.07, 6.45) is 0. The smallest absolute Gasteiger partial charge is 0.270 e. The van der Waals surface area contributed by atoms with Gasteiger partial charge in [-0.1, -0.05) is 41.9 Å². The average Bonchev–Trinajstić information content (AvgIpc) is 2.92. The van der Waals surface area contributed by atoms with Gasteiger partial charge in [-0.3, -0.25) is 4.79 Å². The van der Waals surface area contributed by atoms with Gasteiger partial charge in [-0.05, 0) is 37.6 Å². The van der Waals surface area contributed by atoms with Gasteiger partial charge in [0.25, 0.3) is 5.91 Å². The number of thiazole rings is 1. The summed E-state index contributed by atoms with van der Waals surface area (Å²) in [6, 6.07) is 15.5. The first-order chi connectivity index (χ1) is 11.5. The number of anilines is 1. The molecule has 0 saturated carbocycles. The SMILES string of the molecule is Cc1nc(C)c(C(=O)N(C)c2ccccc2-c2ccc(Cl)cc2)s1. The highest BCUT2D eigenvalue weighted by Gasteiger charge is 2.21. The largest absolute Gasteiger partial charge is 0.310 e. The molecule has 3 aromatic rings. The second kappa shape index (κ2) is 6.75. The van der Waals surface area contributed by atoms with Gasteiger partial charge in [-0.25, -0.2) is 4.98 Å². The van der Waals surface area contributed by atoms with Crippen LogP contribution in [-0.4, -0.2) is 17.9 Å². The summed E-state index contributed by atoms with van der Waals surface area (Å²) < 4.78 is 0. The van der Waals surface area contributed by atoms with E-state index in [1.807, 2.05) is 62.4 Å². The van der Waals surface area contributed by atoms with E-state index in [-0.39, 0.29) is 5.91 Å². The molecule has 0 aliphatic carbocycles. The Bertz CT molecular complexity index is 887. The quantitative estimate of drug-likeness (QED) is 0.633. The number of carbonyl (C=O) groups is 1. The normalized spacial score (nSPS) is 10.7. The predicted molar refractivity (Wildman–Crippen MR) is 101 cm³/mol.